The summed E-state index contributed by atoms with van der Waals surface area (Å²) in [6.07, 6.45) is 1.35. The molecule has 22 heavy (non-hydrogen) atoms. The molecule has 1 amide bonds. The Morgan fingerprint density at radius 3 is 2.36 bits per heavy atom. The largest absolute Gasteiger partial charge is 0.300 e. The Morgan fingerprint density at radius 1 is 1.05 bits per heavy atom. The van der Waals surface area contributed by atoms with E-state index in [9.17, 15) is 22.8 Å². The molecular weight excluding hydrogens is 297 g/mol. The van der Waals surface area contributed by atoms with Gasteiger partial charge in [0.2, 0.25) is 5.91 Å². The molecule has 2 aromatic rings. The molecule has 0 aliphatic heterocycles. The summed E-state index contributed by atoms with van der Waals surface area (Å²) < 4.78 is 40.0. The molecule has 1 aromatic heterocycles. The molecular formula is C15H11F3N2O2. The summed E-state index contributed by atoms with van der Waals surface area (Å²) in [6, 6.07) is 4.25. The van der Waals surface area contributed by atoms with E-state index in [1.54, 1.807) is 0 Å². The van der Waals surface area contributed by atoms with Crippen molar-refractivity contribution < 1.29 is 22.8 Å². The van der Waals surface area contributed by atoms with Crippen molar-refractivity contribution in [3.8, 4) is 0 Å². The van der Waals surface area contributed by atoms with Gasteiger partial charge in [-0.05, 0) is 24.3 Å². The van der Waals surface area contributed by atoms with Gasteiger partial charge in [-0.25, -0.2) is 18.2 Å². The highest BCUT2D eigenvalue weighted by Gasteiger charge is 2.24. The number of aromatic nitrogens is 1. The predicted molar refractivity (Wildman–Crippen MR) is 73.1 cm³/mol. The number of halogens is 3. The summed E-state index contributed by atoms with van der Waals surface area (Å²) >= 11 is 0. The van der Waals surface area contributed by atoms with Gasteiger partial charge in [-0.3, -0.25) is 14.5 Å². The SMILES string of the molecule is CC(=O)N(C)c1ncccc1C(=O)c1ccc(F)c(F)c1F. The molecule has 0 bridgehead atoms. The number of rotatable bonds is 3. The van der Waals surface area contributed by atoms with Crippen LogP contribution in [0.5, 0.6) is 0 Å². The van der Waals surface area contributed by atoms with Gasteiger partial charge >= 0.3 is 0 Å². The van der Waals surface area contributed by atoms with E-state index >= 15 is 0 Å². The monoisotopic (exact) mass is 308 g/mol. The van der Waals surface area contributed by atoms with E-state index in [1.165, 1.54) is 32.3 Å². The number of ketones is 1. The van der Waals surface area contributed by atoms with Gasteiger partial charge in [0.25, 0.3) is 0 Å². The van der Waals surface area contributed by atoms with E-state index in [0.717, 1.165) is 11.0 Å². The quantitative estimate of drug-likeness (QED) is 0.647. The van der Waals surface area contributed by atoms with Crippen LogP contribution in [0.25, 0.3) is 0 Å². The lowest BCUT2D eigenvalue weighted by Crippen LogP contribution is -2.26. The fraction of sp³-hybridized carbons (Fsp3) is 0.133. The smallest absolute Gasteiger partial charge is 0.224 e. The number of hydrogen-bond donors (Lipinski definition) is 0. The van der Waals surface area contributed by atoms with Gasteiger partial charge in [0, 0.05) is 20.2 Å². The molecule has 0 fully saturated rings. The van der Waals surface area contributed by atoms with Crippen molar-refractivity contribution in [2.24, 2.45) is 0 Å². The number of anilines is 1. The van der Waals surface area contributed by atoms with E-state index in [-0.39, 0.29) is 11.4 Å². The molecule has 0 saturated carbocycles. The first-order valence-corrected chi connectivity index (χ1v) is 6.22. The van der Waals surface area contributed by atoms with Crippen molar-refractivity contribution in [3.05, 3.63) is 59.0 Å². The zero-order valence-corrected chi connectivity index (χ0v) is 11.7. The summed E-state index contributed by atoms with van der Waals surface area (Å²) in [7, 11) is 1.39. The molecule has 0 radical (unpaired) electrons. The Morgan fingerprint density at radius 2 is 1.73 bits per heavy atom. The summed E-state index contributed by atoms with van der Waals surface area (Å²) in [5, 5.41) is 0. The minimum absolute atomic E-state index is 0.00383. The predicted octanol–water partition coefficient (Wildman–Crippen LogP) is 2.71. The van der Waals surface area contributed by atoms with Crippen LogP contribution in [0, 0.1) is 17.5 Å². The van der Waals surface area contributed by atoms with Crippen LogP contribution < -0.4 is 4.90 Å². The average molecular weight is 308 g/mol. The second-order valence-electron chi connectivity index (χ2n) is 4.50. The lowest BCUT2D eigenvalue weighted by molar-refractivity contribution is -0.116. The zero-order valence-electron chi connectivity index (χ0n) is 11.7. The topological polar surface area (TPSA) is 50.3 Å². The van der Waals surface area contributed by atoms with Crippen molar-refractivity contribution in [1.82, 2.24) is 4.98 Å². The van der Waals surface area contributed by atoms with Gasteiger partial charge in [-0.15, -0.1) is 0 Å². The van der Waals surface area contributed by atoms with E-state index in [4.69, 9.17) is 0 Å². The minimum atomic E-state index is -1.73. The molecule has 1 heterocycles. The molecule has 0 N–H and O–H groups in total. The maximum atomic E-state index is 13.8. The van der Waals surface area contributed by atoms with Gasteiger partial charge in [0.1, 0.15) is 5.82 Å². The molecule has 0 atom stereocenters. The summed E-state index contributed by atoms with van der Waals surface area (Å²) in [6.45, 7) is 1.26. The molecule has 0 aliphatic rings. The highest BCUT2D eigenvalue weighted by molar-refractivity contribution is 6.13. The Balaban J connectivity index is 2.56. The molecule has 0 aliphatic carbocycles. The zero-order chi connectivity index (χ0) is 16.4. The number of hydrogen-bond acceptors (Lipinski definition) is 3. The molecule has 0 saturated heterocycles. The Hall–Kier alpha value is -2.70. The molecule has 7 heteroatoms. The molecule has 0 spiro atoms. The first-order chi connectivity index (χ1) is 10.3. The van der Waals surface area contributed by atoms with Gasteiger partial charge < -0.3 is 0 Å². The van der Waals surface area contributed by atoms with E-state index < -0.39 is 34.7 Å². The number of nitrogens with zero attached hydrogens (tertiary/aromatic N) is 2. The fourth-order valence-electron chi connectivity index (χ4n) is 1.84. The van der Waals surface area contributed by atoms with Crippen molar-refractivity contribution in [2.45, 2.75) is 6.92 Å². The van der Waals surface area contributed by atoms with Gasteiger partial charge in [0.05, 0.1) is 11.1 Å². The number of pyridine rings is 1. The molecule has 114 valence electrons. The van der Waals surface area contributed by atoms with Crippen LogP contribution in [0.2, 0.25) is 0 Å². The second kappa shape index (κ2) is 5.97. The van der Waals surface area contributed by atoms with Crippen LogP contribution in [0.4, 0.5) is 19.0 Å². The molecule has 4 nitrogen and oxygen atoms in total. The van der Waals surface area contributed by atoms with Gasteiger partial charge in [0.15, 0.2) is 23.2 Å². The first kappa shape index (κ1) is 15.7. The second-order valence-corrected chi connectivity index (χ2v) is 4.50. The van der Waals surface area contributed by atoms with E-state index in [1.807, 2.05) is 0 Å². The summed E-state index contributed by atoms with van der Waals surface area (Å²) in [5.41, 5.74) is -0.727. The number of carbonyl (C=O) groups is 2. The highest BCUT2D eigenvalue weighted by Crippen LogP contribution is 2.23. The maximum Gasteiger partial charge on any atom is 0.224 e. The third kappa shape index (κ3) is 2.69. The third-order valence-corrected chi connectivity index (χ3v) is 3.10. The van der Waals surface area contributed by atoms with E-state index in [2.05, 4.69) is 4.98 Å². The van der Waals surface area contributed by atoms with Crippen LogP contribution in [0.15, 0.2) is 30.5 Å². The Bertz CT molecular complexity index is 762. The number of amides is 1. The van der Waals surface area contributed by atoms with E-state index in [0.29, 0.717) is 6.07 Å². The third-order valence-electron chi connectivity index (χ3n) is 3.10. The highest BCUT2D eigenvalue weighted by atomic mass is 19.2. The van der Waals surface area contributed by atoms with Crippen LogP contribution in [-0.2, 0) is 4.79 Å². The standard InChI is InChI=1S/C15H11F3N2O2/c1-8(21)20(2)15-10(4-3-7-19-15)14(22)9-5-6-11(16)13(18)12(9)17/h3-7H,1-2H3. The van der Waals surface area contributed by atoms with Gasteiger partial charge in [-0.1, -0.05) is 0 Å². The van der Waals surface area contributed by atoms with Crippen molar-refractivity contribution in [1.29, 1.82) is 0 Å². The summed E-state index contributed by atoms with van der Waals surface area (Å²) in [4.78, 5) is 28.8. The number of benzene rings is 1. The normalized spacial score (nSPS) is 10.4. The van der Waals surface area contributed by atoms with Crippen LogP contribution >= 0.6 is 0 Å². The lowest BCUT2D eigenvalue weighted by atomic mass is 10.0. The fourth-order valence-corrected chi connectivity index (χ4v) is 1.84. The molecule has 0 unspecified atom stereocenters. The van der Waals surface area contributed by atoms with Crippen molar-refractivity contribution in [2.75, 3.05) is 11.9 Å². The van der Waals surface area contributed by atoms with Gasteiger partial charge in [-0.2, -0.15) is 0 Å². The Kier molecular flexibility index (Phi) is 4.25. The maximum absolute atomic E-state index is 13.8. The Labute approximate surface area is 124 Å². The molecule has 1 aromatic carbocycles. The van der Waals surface area contributed by atoms with Crippen LogP contribution in [0.3, 0.4) is 0 Å². The molecule has 2 rings (SSSR count). The van der Waals surface area contributed by atoms with Crippen molar-refractivity contribution in [3.63, 3.8) is 0 Å². The minimum Gasteiger partial charge on any atom is -0.300 e. The van der Waals surface area contributed by atoms with Crippen LogP contribution in [-0.4, -0.2) is 23.7 Å². The summed E-state index contributed by atoms with van der Waals surface area (Å²) in [5.74, 6) is -5.97. The lowest BCUT2D eigenvalue weighted by Gasteiger charge is -2.17. The van der Waals surface area contributed by atoms with Crippen LogP contribution in [0.1, 0.15) is 22.8 Å². The first-order valence-electron chi connectivity index (χ1n) is 6.22. The average Bonchev–Trinajstić information content (AvgIpc) is 2.51. The van der Waals surface area contributed by atoms with Crippen molar-refractivity contribution >= 4 is 17.5 Å². The number of carbonyl (C=O) groups excluding carboxylic acids is 2.